The summed E-state index contributed by atoms with van der Waals surface area (Å²) >= 11 is 0. The van der Waals surface area contributed by atoms with Gasteiger partial charge in [0.25, 0.3) is 0 Å². The van der Waals surface area contributed by atoms with Gasteiger partial charge in [0.1, 0.15) is 0 Å². The Bertz CT molecular complexity index is 473. The Balaban J connectivity index is 1.98. The molecule has 1 fully saturated rings. The maximum absolute atomic E-state index is 13.7. The van der Waals surface area contributed by atoms with Gasteiger partial charge >= 0.3 is 0 Å². The summed E-state index contributed by atoms with van der Waals surface area (Å²) in [5, 5.41) is 6.12. The van der Waals surface area contributed by atoms with Crippen LogP contribution in [0.1, 0.15) is 37.8 Å². The highest BCUT2D eigenvalue weighted by molar-refractivity contribution is 5.82. The predicted octanol–water partition coefficient (Wildman–Crippen LogP) is 2.15. The van der Waals surface area contributed by atoms with Crippen LogP contribution >= 0.6 is 0 Å². The van der Waals surface area contributed by atoms with E-state index in [9.17, 15) is 9.18 Å². The normalized spacial score (nSPS) is 20.2. The third-order valence-corrected chi connectivity index (χ3v) is 3.66. The number of hydrogen-bond acceptors (Lipinski definition) is 3. The Morgan fingerprint density at radius 1 is 1.50 bits per heavy atom. The van der Waals surface area contributed by atoms with Crippen LogP contribution in [0.4, 0.5) is 4.39 Å². The molecular weight excluding hydrogens is 259 g/mol. The first kappa shape index (κ1) is 14.8. The first-order valence-corrected chi connectivity index (χ1v) is 6.99. The van der Waals surface area contributed by atoms with Gasteiger partial charge in [-0.2, -0.15) is 0 Å². The molecule has 0 aromatic heterocycles. The predicted molar refractivity (Wildman–Crippen MR) is 75.2 cm³/mol. The highest BCUT2D eigenvalue weighted by Crippen LogP contribution is 2.22. The number of amides is 1. The first-order valence-electron chi connectivity index (χ1n) is 6.99. The van der Waals surface area contributed by atoms with Crippen molar-refractivity contribution < 1.29 is 13.9 Å². The smallest absolute Gasteiger partial charge is 0.237 e. The van der Waals surface area contributed by atoms with Crippen LogP contribution in [0.15, 0.2) is 18.2 Å². The third-order valence-electron chi connectivity index (χ3n) is 3.66. The van der Waals surface area contributed by atoms with Crippen molar-refractivity contribution in [2.45, 2.75) is 38.3 Å². The lowest BCUT2D eigenvalue weighted by atomic mass is 10.0. The third kappa shape index (κ3) is 3.48. The van der Waals surface area contributed by atoms with Crippen LogP contribution in [0.3, 0.4) is 0 Å². The number of nitrogens with one attached hydrogen (secondary N) is 2. The molecule has 1 unspecified atom stereocenters. The summed E-state index contributed by atoms with van der Waals surface area (Å²) in [5.41, 5.74) is 0.729. The van der Waals surface area contributed by atoms with Crippen LogP contribution in [0.2, 0.25) is 0 Å². The fourth-order valence-electron chi connectivity index (χ4n) is 2.42. The maximum Gasteiger partial charge on any atom is 0.237 e. The molecule has 1 aromatic rings. The molecule has 1 saturated heterocycles. The molecule has 2 N–H and O–H groups in total. The lowest BCUT2D eigenvalue weighted by molar-refractivity contribution is -0.124. The molecule has 4 nitrogen and oxygen atoms in total. The van der Waals surface area contributed by atoms with Gasteiger partial charge in [0.2, 0.25) is 5.91 Å². The number of carbonyl (C=O) groups is 1. The summed E-state index contributed by atoms with van der Waals surface area (Å²) in [6, 6.07) is 4.38. The second-order valence-corrected chi connectivity index (χ2v) is 5.13. The molecule has 1 aliphatic rings. The van der Waals surface area contributed by atoms with Crippen LogP contribution in [0, 0.1) is 5.82 Å². The Hall–Kier alpha value is -1.62. The van der Waals surface area contributed by atoms with Crippen LogP contribution in [-0.4, -0.2) is 25.6 Å². The molecule has 0 aliphatic carbocycles. The van der Waals surface area contributed by atoms with Gasteiger partial charge in [-0.05, 0) is 44.0 Å². The molecule has 1 heterocycles. The average molecular weight is 280 g/mol. The zero-order valence-corrected chi connectivity index (χ0v) is 11.9. The molecule has 2 rings (SSSR count). The number of ether oxygens (including phenoxy) is 1. The molecule has 110 valence electrons. The van der Waals surface area contributed by atoms with Gasteiger partial charge < -0.3 is 15.4 Å². The maximum atomic E-state index is 13.7. The second kappa shape index (κ2) is 6.70. The van der Waals surface area contributed by atoms with E-state index in [4.69, 9.17) is 4.74 Å². The minimum Gasteiger partial charge on any atom is -0.494 e. The zero-order chi connectivity index (χ0) is 14.5. The van der Waals surface area contributed by atoms with Crippen molar-refractivity contribution in [3.8, 4) is 5.75 Å². The second-order valence-electron chi connectivity index (χ2n) is 5.13. The van der Waals surface area contributed by atoms with Crippen molar-refractivity contribution in [3.63, 3.8) is 0 Å². The molecule has 1 aliphatic heterocycles. The molecule has 0 bridgehead atoms. The monoisotopic (exact) mass is 280 g/mol. The Morgan fingerprint density at radius 3 is 2.90 bits per heavy atom. The molecule has 1 amide bonds. The van der Waals surface area contributed by atoms with E-state index in [0.717, 1.165) is 31.4 Å². The van der Waals surface area contributed by atoms with E-state index in [0.29, 0.717) is 0 Å². The first-order chi connectivity index (χ1) is 9.61. The molecule has 20 heavy (non-hydrogen) atoms. The van der Waals surface area contributed by atoms with E-state index < -0.39 is 5.82 Å². The topological polar surface area (TPSA) is 50.4 Å². The van der Waals surface area contributed by atoms with E-state index in [1.165, 1.54) is 13.2 Å². The van der Waals surface area contributed by atoms with Crippen LogP contribution in [0.25, 0.3) is 0 Å². The number of carbonyl (C=O) groups excluding carboxylic acids is 1. The number of hydrogen-bond donors (Lipinski definition) is 2. The van der Waals surface area contributed by atoms with Gasteiger partial charge in [0.05, 0.1) is 19.2 Å². The van der Waals surface area contributed by atoms with Gasteiger partial charge in [0, 0.05) is 0 Å². The van der Waals surface area contributed by atoms with Gasteiger partial charge in [-0.1, -0.05) is 12.5 Å². The number of rotatable bonds is 4. The minimum absolute atomic E-state index is 0.0200. The zero-order valence-electron chi connectivity index (χ0n) is 11.9. The lowest BCUT2D eigenvalue weighted by Gasteiger charge is -2.24. The molecule has 0 radical (unpaired) electrons. The van der Waals surface area contributed by atoms with Gasteiger partial charge in [0.15, 0.2) is 11.6 Å². The van der Waals surface area contributed by atoms with E-state index in [1.807, 2.05) is 6.92 Å². The molecule has 0 saturated carbocycles. The van der Waals surface area contributed by atoms with Crippen molar-refractivity contribution in [3.05, 3.63) is 29.6 Å². The van der Waals surface area contributed by atoms with Gasteiger partial charge in [-0.3, -0.25) is 4.79 Å². The van der Waals surface area contributed by atoms with Crippen molar-refractivity contribution in [2.24, 2.45) is 0 Å². The summed E-state index contributed by atoms with van der Waals surface area (Å²) in [6.45, 7) is 2.73. The summed E-state index contributed by atoms with van der Waals surface area (Å²) in [5.74, 6) is -0.225. The Labute approximate surface area is 118 Å². The Morgan fingerprint density at radius 2 is 2.30 bits per heavy atom. The average Bonchev–Trinajstić information content (AvgIpc) is 2.48. The SMILES string of the molecule is COc1ccc(C(C)NC(=O)[C@@H]2CCCCN2)cc1F. The molecule has 0 spiro atoms. The molecular formula is C15H21FN2O2. The minimum atomic E-state index is -0.415. The summed E-state index contributed by atoms with van der Waals surface area (Å²) in [7, 11) is 1.43. The fourth-order valence-corrected chi connectivity index (χ4v) is 2.42. The van der Waals surface area contributed by atoms with Crippen LogP contribution in [0.5, 0.6) is 5.75 Å². The van der Waals surface area contributed by atoms with E-state index >= 15 is 0 Å². The number of methoxy groups -OCH3 is 1. The van der Waals surface area contributed by atoms with E-state index in [-0.39, 0.29) is 23.7 Å². The summed E-state index contributed by atoms with van der Waals surface area (Å²) < 4.78 is 18.5. The summed E-state index contributed by atoms with van der Waals surface area (Å²) in [6.07, 6.45) is 3.04. The lowest BCUT2D eigenvalue weighted by Crippen LogP contribution is -2.47. The van der Waals surface area contributed by atoms with Crippen molar-refractivity contribution in [1.29, 1.82) is 0 Å². The molecule has 5 heteroatoms. The standard InChI is InChI=1S/C15H21FN2O2/c1-10(11-6-7-14(20-2)12(16)9-11)18-15(19)13-5-3-4-8-17-13/h6-7,9-10,13,17H,3-5,8H2,1-2H3,(H,18,19)/t10?,13-/m0/s1. The highest BCUT2D eigenvalue weighted by atomic mass is 19.1. The quantitative estimate of drug-likeness (QED) is 0.888. The van der Waals surface area contributed by atoms with E-state index in [1.54, 1.807) is 12.1 Å². The fraction of sp³-hybridized carbons (Fsp3) is 0.533. The molecule has 1 aromatic carbocycles. The molecule has 2 atom stereocenters. The van der Waals surface area contributed by atoms with Crippen molar-refractivity contribution >= 4 is 5.91 Å². The van der Waals surface area contributed by atoms with Gasteiger partial charge in [-0.15, -0.1) is 0 Å². The van der Waals surface area contributed by atoms with Gasteiger partial charge in [-0.25, -0.2) is 4.39 Å². The Kier molecular flexibility index (Phi) is 4.95. The summed E-state index contributed by atoms with van der Waals surface area (Å²) in [4.78, 5) is 12.1. The number of halogens is 1. The van der Waals surface area contributed by atoms with Crippen LogP contribution < -0.4 is 15.4 Å². The number of benzene rings is 1. The van der Waals surface area contributed by atoms with Crippen molar-refractivity contribution in [1.82, 2.24) is 10.6 Å². The largest absolute Gasteiger partial charge is 0.494 e. The number of piperidine rings is 1. The van der Waals surface area contributed by atoms with E-state index in [2.05, 4.69) is 10.6 Å². The highest BCUT2D eigenvalue weighted by Gasteiger charge is 2.22. The van der Waals surface area contributed by atoms with Crippen molar-refractivity contribution in [2.75, 3.05) is 13.7 Å². The van der Waals surface area contributed by atoms with Crippen LogP contribution in [-0.2, 0) is 4.79 Å².